The Morgan fingerprint density at radius 2 is 1.87 bits per heavy atom. The van der Waals surface area contributed by atoms with Crippen molar-refractivity contribution in [3.8, 4) is 16.2 Å². The fourth-order valence-electron chi connectivity index (χ4n) is 4.87. The van der Waals surface area contributed by atoms with Gasteiger partial charge in [-0.25, -0.2) is 9.37 Å². The maximum atomic E-state index is 13.8. The van der Waals surface area contributed by atoms with Gasteiger partial charge in [0.25, 0.3) is 5.91 Å². The molecule has 1 aliphatic carbocycles. The summed E-state index contributed by atoms with van der Waals surface area (Å²) in [6, 6.07) is 16.3. The zero-order valence-electron chi connectivity index (χ0n) is 17.6. The highest BCUT2D eigenvalue weighted by Gasteiger charge is 2.51. The van der Waals surface area contributed by atoms with Crippen LogP contribution in [0, 0.1) is 24.6 Å². The number of hydrogen-bond donors (Lipinski definition) is 0. The van der Waals surface area contributed by atoms with E-state index < -0.39 is 0 Å². The van der Waals surface area contributed by atoms with Gasteiger partial charge in [0.1, 0.15) is 23.9 Å². The molecular weight excluding hydrogens is 411 g/mol. The zero-order chi connectivity index (χ0) is 21.5. The molecule has 0 N–H and O–H groups in total. The van der Waals surface area contributed by atoms with Gasteiger partial charge in [-0.3, -0.25) is 4.79 Å². The SMILES string of the molecule is Cc1nc(C(=O)N2C3CC(C3)[C@H](C)[C@@H]2COc2ccc(F)cc2)c(-c2ccccc2)s1. The second-order valence-corrected chi connectivity index (χ2v) is 9.77. The van der Waals surface area contributed by atoms with Crippen LogP contribution < -0.4 is 4.74 Å². The summed E-state index contributed by atoms with van der Waals surface area (Å²) in [5, 5.41) is 0.887. The number of carbonyl (C=O) groups is 1. The van der Waals surface area contributed by atoms with Gasteiger partial charge in [-0.2, -0.15) is 0 Å². The molecule has 31 heavy (non-hydrogen) atoms. The molecule has 6 heteroatoms. The molecular formula is C25H25FN2O2S. The first-order chi connectivity index (χ1) is 15.0. The number of carbonyl (C=O) groups excluding carboxylic acids is 1. The number of ether oxygens (including phenoxy) is 1. The first kappa shape index (κ1) is 20.2. The minimum absolute atomic E-state index is 0.00842. The van der Waals surface area contributed by atoms with Crippen LogP contribution in [0.25, 0.3) is 10.4 Å². The molecule has 2 saturated heterocycles. The molecule has 1 saturated carbocycles. The molecule has 1 aromatic heterocycles. The van der Waals surface area contributed by atoms with Crippen molar-refractivity contribution >= 4 is 17.2 Å². The van der Waals surface area contributed by atoms with Crippen molar-refractivity contribution in [1.82, 2.24) is 9.88 Å². The van der Waals surface area contributed by atoms with E-state index in [9.17, 15) is 9.18 Å². The molecule has 2 atom stereocenters. The summed E-state index contributed by atoms with van der Waals surface area (Å²) in [4.78, 5) is 21.4. The number of halogens is 1. The molecule has 0 spiro atoms. The quantitative estimate of drug-likeness (QED) is 0.525. The number of thiazole rings is 1. The van der Waals surface area contributed by atoms with E-state index >= 15 is 0 Å². The average Bonchev–Trinajstić information content (AvgIpc) is 3.14. The Hall–Kier alpha value is -2.73. The third-order valence-electron chi connectivity index (χ3n) is 6.69. The number of hydrogen-bond acceptors (Lipinski definition) is 4. The van der Waals surface area contributed by atoms with Crippen molar-refractivity contribution in [3.05, 3.63) is 71.1 Å². The van der Waals surface area contributed by atoms with E-state index in [0.29, 0.717) is 29.9 Å². The number of rotatable bonds is 5. The van der Waals surface area contributed by atoms with Gasteiger partial charge < -0.3 is 9.64 Å². The molecule has 3 aliphatic rings. The highest BCUT2D eigenvalue weighted by Crippen LogP contribution is 2.47. The van der Waals surface area contributed by atoms with Gasteiger partial charge in [0, 0.05) is 6.04 Å². The van der Waals surface area contributed by atoms with Crippen LogP contribution >= 0.6 is 11.3 Å². The molecule has 1 amide bonds. The highest BCUT2D eigenvalue weighted by molar-refractivity contribution is 7.15. The van der Waals surface area contributed by atoms with Gasteiger partial charge in [0.15, 0.2) is 0 Å². The van der Waals surface area contributed by atoms with Crippen molar-refractivity contribution in [2.45, 2.75) is 38.8 Å². The second kappa shape index (κ2) is 8.08. The molecule has 3 aromatic rings. The number of fused-ring (bicyclic) bond motifs is 2. The zero-order valence-corrected chi connectivity index (χ0v) is 18.4. The summed E-state index contributed by atoms with van der Waals surface area (Å²) < 4.78 is 19.2. The van der Waals surface area contributed by atoms with E-state index in [4.69, 9.17) is 4.74 Å². The van der Waals surface area contributed by atoms with Crippen LogP contribution in [0.15, 0.2) is 54.6 Å². The van der Waals surface area contributed by atoms with Crippen LogP contribution in [0.4, 0.5) is 4.39 Å². The number of nitrogens with zero attached hydrogens (tertiary/aromatic N) is 2. The Labute approximate surface area is 185 Å². The van der Waals surface area contributed by atoms with Crippen LogP contribution in [0.3, 0.4) is 0 Å². The topological polar surface area (TPSA) is 42.4 Å². The minimum Gasteiger partial charge on any atom is -0.491 e. The number of amides is 1. The Morgan fingerprint density at radius 3 is 2.58 bits per heavy atom. The Bertz CT molecular complexity index is 1080. The predicted molar refractivity (Wildman–Crippen MR) is 120 cm³/mol. The number of aromatic nitrogens is 1. The van der Waals surface area contributed by atoms with Gasteiger partial charge in [-0.15, -0.1) is 11.3 Å². The summed E-state index contributed by atoms with van der Waals surface area (Å²) >= 11 is 1.56. The maximum Gasteiger partial charge on any atom is 0.274 e. The predicted octanol–water partition coefficient (Wildman–Crippen LogP) is 5.58. The maximum absolute atomic E-state index is 13.8. The molecule has 0 unspecified atom stereocenters. The fraction of sp³-hybridized carbons (Fsp3) is 0.360. The van der Waals surface area contributed by atoms with Crippen molar-refractivity contribution in [2.75, 3.05) is 6.61 Å². The third kappa shape index (κ3) is 3.74. The molecule has 160 valence electrons. The van der Waals surface area contributed by atoms with Gasteiger partial charge in [-0.05, 0) is 61.4 Å². The molecule has 0 radical (unpaired) electrons. The lowest BCUT2D eigenvalue weighted by Crippen LogP contribution is -2.64. The highest BCUT2D eigenvalue weighted by atomic mass is 32.1. The van der Waals surface area contributed by atoms with Gasteiger partial charge in [-0.1, -0.05) is 37.3 Å². The largest absolute Gasteiger partial charge is 0.491 e. The Balaban J connectivity index is 1.43. The number of benzene rings is 2. The van der Waals surface area contributed by atoms with Crippen LogP contribution in [0.5, 0.6) is 5.75 Å². The molecule has 2 aromatic carbocycles. The first-order valence-electron chi connectivity index (χ1n) is 10.7. The van der Waals surface area contributed by atoms with Crippen LogP contribution in [-0.4, -0.2) is 34.5 Å². The van der Waals surface area contributed by atoms with E-state index in [2.05, 4.69) is 11.9 Å². The second-order valence-electron chi connectivity index (χ2n) is 8.57. The lowest BCUT2D eigenvalue weighted by molar-refractivity contribution is -0.0672. The van der Waals surface area contributed by atoms with Crippen LogP contribution in [-0.2, 0) is 0 Å². The number of piperidine rings is 2. The summed E-state index contributed by atoms with van der Waals surface area (Å²) in [7, 11) is 0. The average molecular weight is 437 g/mol. The summed E-state index contributed by atoms with van der Waals surface area (Å²) in [6.07, 6.45) is 2.09. The number of aryl methyl sites for hydroxylation is 1. The first-order valence-corrected chi connectivity index (χ1v) is 11.6. The summed E-state index contributed by atoms with van der Waals surface area (Å²) in [5.74, 6) is 1.29. The summed E-state index contributed by atoms with van der Waals surface area (Å²) in [6.45, 7) is 4.56. The molecule has 6 rings (SSSR count). The lowest BCUT2D eigenvalue weighted by atomic mass is 9.64. The summed E-state index contributed by atoms with van der Waals surface area (Å²) in [5.41, 5.74) is 1.56. The van der Waals surface area contributed by atoms with Crippen molar-refractivity contribution in [1.29, 1.82) is 0 Å². The fourth-order valence-corrected chi connectivity index (χ4v) is 5.78. The lowest BCUT2D eigenvalue weighted by Gasteiger charge is -2.57. The Kier molecular flexibility index (Phi) is 5.26. The van der Waals surface area contributed by atoms with E-state index in [1.54, 1.807) is 23.5 Å². The smallest absolute Gasteiger partial charge is 0.274 e. The van der Waals surface area contributed by atoms with Gasteiger partial charge in [0.2, 0.25) is 0 Å². The van der Waals surface area contributed by atoms with Crippen molar-refractivity contribution in [2.24, 2.45) is 11.8 Å². The minimum atomic E-state index is -0.288. The monoisotopic (exact) mass is 436 g/mol. The van der Waals surface area contributed by atoms with Crippen molar-refractivity contribution in [3.63, 3.8) is 0 Å². The van der Waals surface area contributed by atoms with Crippen LogP contribution in [0.2, 0.25) is 0 Å². The van der Waals surface area contributed by atoms with E-state index in [-0.39, 0.29) is 23.8 Å². The molecule has 3 fully saturated rings. The van der Waals surface area contributed by atoms with E-state index in [0.717, 1.165) is 28.3 Å². The molecule has 4 nitrogen and oxygen atoms in total. The Morgan fingerprint density at radius 1 is 1.16 bits per heavy atom. The van der Waals surface area contributed by atoms with Crippen molar-refractivity contribution < 1.29 is 13.9 Å². The van der Waals surface area contributed by atoms with Crippen LogP contribution in [0.1, 0.15) is 35.3 Å². The van der Waals surface area contributed by atoms with Gasteiger partial charge in [0.05, 0.1) is 15.9 Å². The molecule has 3 heterocycles. The normalized spacial score (nSPS) is 24.5. The van der Waals surface area contributed by atoms with E-state index in [1.807, 2.05) is 42.2 Å². The van der Waals surface area contributed by atoms with Gasteiger partial charge >= 0.3 is 0 Å². The molecule has 2 aliphatic heterocycles. The van der Waals surface area contributed by atoms with E-state index in [1.165, 1.54) is 12.1 Å². The standard InChI is InChI=1S/C25H25FN2O2S/c1-15-18-12-20(13-18)28(22(15)14-30-21-10-8-19(26)9-11-21)25(29)23-24(31-16(2)27-23)17-6-4-3-5-7-17/h3-11,15,18,20,22H,12-14H2,1-2H3/t15-,18?,20?,22-/m0/s1. The third-order valence-corrected chi connectivity index (χ3v) is 7.71. The molecule has 2 bridgehead atoms.